The summed E-state index contributed by atoms with van der Waals surface area (Å²) in [5.74, 6) is 0. The van der Waals surface area contributed by atoms with Gasteiger partial charge >= 0.3 is 0 Å². The van der Waals surface area contributed by atoms with Crippen molar-refractivity contribution in [3.8, 4) is 0 Å². The third-order valence-corrected chi connectivity index (χ3v) is 3.67. The lowest BCUT2D eigenvalue weighted by molar-refractivity contribution is 0.677. The number of hydrogen-bond donors (Lipinski definition) is 0. The van der Waals surface area contributed by atoms with Crippen molar-refractivity contribution in [2.24, 2.45) is 0 Å². The molecular formula is C14H22IN. The first-order chi connectivity index (χ1) is 7.79. The summed E-state index contributed by atoms with van der Waals surface area (Å²) in [7, 11) is 0. The van der Waals surface area contributed by atoms with E-state index in [-0.39, 0.29) is 0 Å². The van der Waals surface area contributed by atoms with Gasteiger partial charge in [0.15, 0.2) is 0 Å². The highest BCUT2D eigenvalue weighted by Gasteiger charge is 2.07. The molecule has 0 radical (unpaired) electrons. The highest BCUT2D eigenvalue weighted by Crippen LogP contribution is 2.22. The van der Waals surface area contributed by atoms with Crippen molar-refractivity contribution in [3.63, 3.8) is 0 Å². The molecular weight excluding hydrogens is 309 g/mol. The van der Waals surface area contributed by atoms with Gasteiger partial charge in [0.25, 0.3) is 0 Å². The number of anilines is 1. The molecule has 0 heterocycles. The molecule has 0 unspecified atom stereocenters. The topological polar surface area (TPSA) is 3.24 Å². The molecule has 0 N–H and O–H groups in total. The summed E-state index contributed by atoms with van der Waals surface area (Å²) in [6, 6.07) is 8.69. The van der Waals surface area contributed by atoms with E-state index in [4.69, 9.17) is 0 Å². The van der Waals surface area contributed by atoms with Gasteiger partial charge in [-0.2, -0.15) is 0 Å². The maximum Gasteiger partial charge on any atom is 0.0501 e. The van der Waals surface area contributed by atoms with E-state index in [0.717, 1.165) is 0 Å². The van der Waals surface area contributed by atoms with Crippen LogP contribution in [0.4, 0.5) is 5.69 Å². The summed E-state index contributed by atoms with van der Waals surface area (Å²) in [5.41, 5.74) is 1.41. The number of halogens is 1. The number of hydrogen-bond acceptors (Lipinski definition) is 1. The first-order valence-corrected chi connectivity index (χ1v) is 7.37. The average molecular weight is 331 g/mol. The molecule has 0 aliphatic heterocycles. The zero-order chi connectivity index (χ0) is 11.8. The van der Waals surface area contributed by atoms with Gasteiger partial charge in [-0.05, 0) is 47.6 Å². The van der Waals surface area contributed by atoms with Gasteiger partial charge in [0, 0.05) is 16.7 Å². The fourth-order valence-electron chi connectivity index (χ4n) is 1.76. The molecule has 0 aromatic heterocycles. The summed E-state index contributed by atoms with van der Waals surface area (Å²) in [6.07, 6.45) is 5.11. The smallest absolute Gasteiger partial charge is 0.0501 e. The second kappa shape index (κ2) is 7.93. The predicted molar refractivity (Wildman–Crippen MR) is 81.2 cm³/mol. The summed E-state index contributed by atoms with van der Waals surface area (Å²) >= 11 is 2.44. The van der Waals surface area contributed by atoms with Crippen LogP contribution in [0.25, 0.3) is 0 Å². The Hall–Kier alpha value is -0.250. The number of benzene rings is 1. The molecule has 1 aromatic rings. The monoisotopic (exact) mass is 331 g/mol. The van der Waals surface area contributed by atoms with Crippen LogP contribution in [0.5, 0.6) is 0 Å². The zero-order valence-electron chi connectivity index (χ0n) is 10.4. The minimum absolute atomic E-state index is 1.19. The molecule has 0 aliphatic carbocycles. The summed E-state index contributed by atoms with van der Waals surface area (Å²) in [6.45, 7) is 6.90. The van der Waals surface area contributed by atoms with Gasteiger partial charge in [-0.25, -0.2) is 0 Å². The lowest BCUT2D eigenvalue weighted by Crippen LogP contribution is -2.26. The van der Waals surface area contributed by atoms with Crippen LogP contribution in [0.3, 0.4) is 0 Å². The lowest BCUT2D eigenvalue weighted by Gasteiger charge is -2.25. The summed E-state index contributed by atoms with van der Waals surface area (Å²) in [4.78, 5) is 2.54. The zero-order valence-corrected chi connectivity index (χ0v) is 12.5. The molecule has 1 rings (SSSR count). The fourth-order valence-corrected chi connectivity index (χ4v) is 2.49. The van der Waals surface area contributed by atoms with Crippen LogP contribution in [0, 0.1) is 3.57 Å². The van der Waals surface area contributed by atoms with Crippen LogP contribution in [0.15, 0.2) is 24.3 Å². The molecule has 1 nitrogen and oxygen atoms in total. The van der Waals surface area contributed by atoms with Crippen LogP contribution in [0.1, 0.15) is 39.5 Å². The third kappa shape index (κ3) is 4.32. The molecule has 1 aromatic carbocycles. The van der Waals surface area contributed by atoms with Gasteiger partial charge in [0.05, 0.1) is 5.69 Å². The predicted octanol–water partition coefficient (Wildman–Crippen LogP) is 4.70. The van der Waals surface area contributed by atoms with Crippen LogP contribution in [0.2, 0.25) is 0 Å². The van der Waals surface area contributed by atoms with Gasteiger partial charge in [-0.3, -0.25) is 0 Å². The molecule has 0 saturated carbocycles. The Morgan fingerprint density at radius 2 is 1.56 bits per heavy atom. The van der Waals surface area contributed by atoms with Crippen molar-refractivity contribution in [2.75, 3.05) is 18.0 Å². The molecule has 0 fully saturated rings. The molecule has 2 heteroatoms. The minimum Gasteiger partial charge on any atom is -0.371 e. The van der Waals surface area contributed by atoms with Crippen molar-refractivity contribution in [2.45, 2.75) is 39.5 Å². The highest BCUT2D eigenvalue weighted by molar-refractivity contribution is 14.1. The number of nitrogens with zero attached hydrogens (tertiary/aromatic N) is 1. The molecule has 16 heavy (non-hydrogen) atoms. The van der Waals surface area contributed by atoms with Crippen molar-refractivity contribution in [3.05, 3.63) is 27.8 Å². The van der Waals surface area contributed by atoms with E-state index in [1.807, 2.05) is 0 Å². The van der Waals surface area contributed by atoms with E-state index in [1.165, 1.54) is 48.0 Å². The quantitative estimate of drug-likeness (QED) is 0.655. The molecule has 0 atom stereocenters. The van der Waals surface area contributed by atoms with E-state index < -0.39 is 0 Å². The van der Waals surface area contributed by atoms with Crippen LogP contribution in [-0.4, -0.2) is 13.1 Å². The molecule has 90 valence electrons. The Kier molecular flexibility index (Phi) is 6.85. The first kappa shape index (κ1) is 13.8. The Labute approximate surface area is 113 Å². The first-order valence-electron chi connectivity index (χ1n) is 6.29. The summed E-state index contributed by atoms with van der Waals surface area (Å²) in [5, 5.41) is 0. The fraction of sp³-hybridized carbons (Fsp3) is 0.571. The van der Waals surface area contributed by atoms with Crippen molar-refractivity contribution >= 4 is 28.3 Å². The van der Waals surface area contributed by atoms with E-state index in [2.05, 4.69) is 65.6 Å². The average Bonchev–Trinajstić information content (AvgIpc) is 2.31. The van der Waals surface area contributed by atoms with E-state index >= 15 is 0 Å². The molecule has 0 bridgehead atoms. The number of unbranched alkanes of at least 4 members (excludes halogenated alkanes) is 2. The maximum atomic E-state index is 2.54. The lowest BCUT2D eigenvalue weighted by atomic mass is 10.2. The standard InChI is InChI=1S/C14H22IN/c1-3-5-11-16(12-6-4-2)14-10-8-7-9-13(14)15/h7-10H,3-6,11-12H2,1-2H3. The van der Waals surface area contributed by atoms with E-state index in [1.54, 1.807) is 0 Å². The van der Waals surface area contributed by atoms with Crippen molar-refractivity contribution in [1.29, 1.82) is 0 Å². The van der Waals surface area contributed by atoms with E-state index in [9.17, 15) is 0 Å². The molecule has 0 saturated heterocycles. The minimum atomic E-state index is 1.19. The Morgan fingerprint density at radius 1 is 1.00 bits per heavy atom. The largest absolute Gasteiger partial charge is 0.371 e. The number of rotatable bonds is 7. The van der Waals surface area contributed by atoms with Crippen molar-refractivity contribution in [1.82, 2.24) is 0 Å². The van der Waals surface area contributed by atoms with Gasteiger partial charge in [0.1, 0.15) is 0 Å². The Balaban J connectivity index is 2.70. The molecule has 0 spiro atoms. The summed E-state index contributed by atoms with van der Waals surface area (Å²) < 4.78 is 1.37. The van der Waals surface area contributed by atoms with Crippen LogP contribution in [-0.2, 0) is 0 Å². The molecule has 0 amide bonds. The van der Waals surface area contributed by atoms with Gasteiger partial charge in [-0.1, -0.05) is 38.8 Å². The van der Waals surface area contributed by atoms with Crippen molar-refractivity contribution < 1.29 is 0 Å². The molecule has 0 aliphatic rings. The SMILES string of the molecule is CCCCN(CCCC)c1ccccc1I. The van der Waals surface area contributed by atoms with Gasteiger partial charge in [0.2, 0.25) is 0 Å². The van der Waals surface area contributed by atoms with E-state index in [0.29, 0.717) is 0 Å². The highest BCUT2D eigenvalue weighted by atomic mass is 127. The Bertz CT molecular complexity index is 291. The maximum absolute atomic E-state index is 2.54. The van der Waals surface area contributed by atoms with Gasteiger partial charge < -0.3 is 4.90 Å². The van der Waals surface area contributed by atoms with Crippen LogP contribution < -0.4 is 4.90 Å². The third-order valence-electron chi connectivity index (χ3n) is 2.76. The Morgan fingerprint density at radius 3 is 2.06 bits per heavy atom. The normalized spacial score (nSPS) is 10.4. The second-order valence-electron chi connectivity index (χ2n) is 4.15. The number of para-hydroxylation sites is 1. The van der Waals surface area contributed by atoms with Crippen LogP contribution >= 0.6 is 22.6 Å². The second-order valence-corrected chi connectivity index (χ2v) is 5.31. The van der Waals surface area contributed by atoms with Gasteiger partial charge in [-0.15, -0.1) is 0 Å².